The summed E-state index contributed by atoms with van der Waals surface area (Å²) >= 11 is 0. The lowest BCUT2D eigenvalue weighted by Crippen LogP contribution is -2.45. The van der Waals surface area contributed by atoms with Crippen molar-refractivity contribution in [3.05, 3.63) is 12.2 Å². The molecule has 0 aromatic rings. The molecule has 0 spiro atoms. The minimum Gasteiger partial charge on any atom is -0.357 e. The lowest BCUT2D eigenvalue weighted by molar-refractivity contribution is -0.144. The van der Waals surface area contributed by atoms with E-state index in [2.05, 4.69) is 27.8 Å². The molecular weight excluding hydrogens is 399 g/mol. The number of carbonyl (C=O) groups is 2. The first-order chi connectivity index (χ1) is 14.3. The van der Waals surface area contributed by atoms with Crippen molar-refractivity contribution in [2.45, 2.75) is 32.0 Å². The topological polar surface area (TPSA) is 77.0 Å². The van der Waals surface area contributed by atoms with Gasteiger partial charge >= 0.3 is 6.18 Å². The number of alkyl halides is 3. The van der Waals surface area contributed by atoms with Gasteiger partial charge < -0.3 is 10.6 Å². The van der Waals surface area contributed by atoms with Crippen molar-refractivity contribution in [2.24, 2.45) is 28.7 Å². The molecule has 30 heavy (non-hydrogen) atoms. The Bertz CT molecular complexity index is 723. The number of amides is 2. The van der Waals surface area contributed by atoms with Gasteiger partial charge in [-0.3, -0.25) is 24.4 Å². The van der Waals surface area contributed by atoms with Crippen molar-refractivity contribution in [2.75, 3.05) is 39.3 Å². The Morgan fingerprint density at radius 1 is 1.20 bits per heavy atom. The molecule has 0 aromatic heterocycles. The second kappa shape index (κ2) is 8.20. The molecule has 2 saturated heterocycles. The first kappa shape index (κ1) is 21.1. The number of nitrogens with one attached hydrogen (secondary N) is 2. The summed E-state index contributed by atoms with van der Waals surface area (Å²) < 4.78 is 37.7. The molecule has 166 valence electrons. The Kier molecular flexibility index (Phi) is 5.78. The van der Waals surface area contributed by atoms with Crippen LogP contribution in [0.4, 0.5) is 13.2 Å². The van der Waals surface area contributed by atoms with Crippen LogP contribution in [0.3, 0.4) is 0 Å². The number of likely N-dealkylation sites (tertiary alicyclic amines) is 2. The zero-order valence-electron chi connectivity index (χ0n) is 17.0. The Morgan fingerprint density at radius 3 is 2.47 bits per heavy atom. The summed E-state index contributed by atoms with van der Waals surface area (Å²) in [6, 6.07) is -0.124. The summed E-state index contributed by atoms with van der Waals surface area (Å²) in [6.45, 7) is 2.76. The highest BCUT2D eigenvalue weighted by atomic mass is 19.4. The molecule has 7 nitrogen and oxygen atoms in total. The predicted molar refractivity (Wildman–Crippen MR) is 104 cm³/mol. The molecule has 4 aliphatic rings. The van der Waals surface area contributed by atoms with Gasteiger partial charge in [0.2, 0.25) is 11.8 Å². The van der Waals surface area contributed by atoms with Crippen molar-refractivity contribution in [3.63, 3.8) is 0 Å². The van der Waals surface area contributed by atoms with Crippen molar-refractivity contribution in [1.82, 2.24) is 20.4 Å². The first-order valence-electron chi connectivity index (χ1n) is 10.6. The predicted octanol–water partition coefficient (Wildman–Crippen LogP) is 0.985. The summed E-state index contributed by atoms with van der Waals surface area (Å²) in [5.74, 6) is 0.276. The van der Waals surface area contributed by atoms with Gasteiger partial charge in [-0.05, 0) is 31.6 Å². The maximum atomic E-state index is 12.7. The first-order valence-corrected chi connectivity index (χ1v) is 10.6. The second-order valence-electron chi connectivity index (χ2n) is 8.57. The fraction of sp³-hybridized carbons (Fsp3) is 0.750. The van der Waals surface area contributed by atoms with E-state index in [9.17, 15) is 22.8 Å². The molecule has 5 unspecified atom stereocenters. The number of hydrogen-bond acceptors (Lipinski definition) is 4. The van der Waals surface area contributed by atoms with Gasteiger partial charge in [-0.2, -0.15) is 13.2 Å². The molecule has 0 radical (unpaired) electrons. The Hall–Kier alpha value is -2.10. The molecule has 1 saturated carbocycles. The van der Waals surface area contributed by atoms with E-state index in [4.69, 9.17) is 0 Å². The van der Waals surface area contributed by atoms with Crippen LogP contribution >= 0.6 is 0 Å². The number of halogens is 3. The standard InChI is InChI=1S/C20H28F3N5O2/c1-2-24-19(26-14-5-7-27(10-14)11-20(21,22)23)25-6-8-28-17(29)15-12-3-4-13(9-12)16(15)18(28)30/h3-4,12-16H,2,5-11H2,1H3,(H2,24,25,26). The van der Waals surface area contributed by atoms with E-state index in [-0.39, 0.29) is 54.6 Å². The van der Waals surface area contributed by atoms with Crippen LogP contribution in [0.15, 0.2) is 17.1 Å². The normalized spacial score (nSPS) is 33.7. The van der Waals surface area contributed by atoms with E-state index >= 15 is 0 Å². The van der Waals surface area contributed by atoms with Gasteiger partial charge in [-0.15, -0.1) is 0 Å². The number of rotatable bonds is 6. The highest BCUT2D eigenvalue weighted by molar-refractivity contribution is 6.06. The van der Waals surface area contributed by atoms with Gasteiger partial charge in [0.15, 0.2) is 5.96 Å². The van der Waals surface area contributed by atoms with Crippen LogP contribution in [0.2, 0.25) is 0 Å². The van der Waals surface area contributed by atoms with Crippen molar-refractivity contribution in [3.8, 4) is 0 Å². The van der Waals surface area contributed by atoms with Crippen LogP contribution in [0.1, 0.15) is 19.8 Å². The van der Waals surface area contributed by atoms with Crippen LogP contribution in [0, 0.1) is 23.7 Å². The highest BCUT2D eigenvalue weighted by Crippen LogP contribution is 2.52. The summed E-state index contributed by atoms with van der Waals surface area (Å²) in [5, 5.41) is 6.26. The molecule has 0 aromatic carbocycles. The van der Waals surface area contributed by atoms with E-state index in [1.165, 1.54) is 9.80 Å². The number of nitrogens with zero attached hydrogens (tertiary/aromatic N) is 3. The minimum absolute atomic E-state index is 0.0893. The third-order valence-electron chi connectivity index (χ3n) is 6.52. The Labute approximate surface area is 173 Å². The number of carbonyl (C=O) groups excluding carboxylic acids is 2. The van der Waals surface area contributed by atoms with E-state index < -0.39 is 12.7 Å². The summed E-state index contributed by atoms with van der Waals surface area (Å²) in [6.07, 6.45) is 1.43. The second-order valence-corrected chi connectivity index (χ2v) is 8.57. The molecule has 4 rings (SSSR count). The van der Waals surface area contributed by atoms with E-state index in [0.717, 1.165) is 6.42 Å². The molecule has 2 aliphatic carbocycles. The third kappa shape index (κ3) is 4.19. The van der Waals surface area contributed by atoms with Gasteiger partial charge in [-0.1, -0.05) is 12.2 Å². The number of fused-ring (bicyclic) bond motifs is 5. The molecule has 2 N–H and O–H groups in total. The SMILES string of the molecule is CCNC(=NCCN1C(=O)C2C3C=CC(C3)C2C1=O)NC1CCN(CC(F)(F)F)C1. The fourth-order valence-electron chi connectivity index (χ4n) is 5.31. The highest BCUT2D eigenvalue weighted by Gasteiger charge is 2.58. The van der Waals surface area contributed by atoms with Crippen LogP contribution in [-0.2, 0) is 9.59 Å². The van der Waals surface area contributed by atoms with Crippen molar-refractivity contribution < 1.29 is 22.8 Å². The number of imide groups is 1. The van der Waals surface area contributed by atoms with Gasteiger partial charge in [0, 0.05) is 32.2 Å². The average molecular weight is 427 g/mol. The van der Waals surface area contributed by atoms with Crippen LogP contribution < -0.4 is 10.6 Å². The molecule has 10 heteroatoms. The van der Waals surface area contributed by atoms with Gasteiger partial charge in [-0.25, -0.2) is 0 Å². The smallest absolute Gasteiger partial charge is 0.357 e. The molecule has 2 heterocycles. The van der Waals surface area contributed by atoms with Crippen LogP contribution in [0.25, 0.3) is 0 Å². The molecule has 2 aliphatic heterocycles. The summed E-state index contributed by atoms with van der Waals surface area (Å²) in [4.78, 5) is 32.6. The monoisotopic (exact) mass is 427 g/mol. The Morgan fingerprint density at radius 2 is 1.87 bits per heavy atom. The van der Waals surface area contributed by atoms with E-state index in [1.54, 1.807) is 0 Å². The molecule has 2 bridgehead atoms. The Balaban J connectivity index is 1.30. The third-order valence-corrected chi connectivity index (χ3v) is 6.52. The lowest BCUT2D eigenvalue weighted by atomic mass is 9.85. The van der Waals surface area contributed by atoms with Crippen LogP contribution in [-0.4, -0.2) is 79.1 Å². The molecular formula is C20H28F3N5O2. The minimum atomic E-state index is -4.20. The maximum Gasteiger partial charge on any atom is 0.401 e. The molecule has 2 amide bonds. The number of aliphatic imine (C=N–C) groups is 1. The average Bonchev–Trinajstić information content (AvgIpc) is 3.42. The quantitative estimate of drug-likeness (QED) is 0.286. The zero-order chi connectivity index (χ0) is 21.5. The van der Waals surface area contributed by atoms with Crippen molar-refractivity contribution >= 4 is 17.8 Å². The zero-order valence-corrected chi connectivity index (χ0v) is 17.0. The van der Waals surface area contributed by atoms with E-state index in [0.29, 0.717) is 32.0 Å². The van der Waals surface area contributed by atoms with Gasteiger partial charge in [0.05, 0.1) is 24.9 Å². The summed E-state index contributed by atoms with van der Waals surface area (Å²) in [5.41, 5.74) is 0. The lowest BCUT2D eigenvalue weighted by Gasteiger charge is -2.20. The number of guanidine groups is 1. The number of hydrogen-bond donors (Lipinski definition) is 2. The van der Waals surface area contributed by atoms with Crippen molar-refractivity contribution in [1.29, 1.82) is 0 Å². The summed E-state index contributed by atoms with van der Waals surface area (Å²) in [7, 11) is 0. The maximum absolute atomic E-state index is 12.7. The van der Waals surface area contributed by atoms with Gasteiger partial charge in [0.1, 0.15) is 0 Å². The molecule has 3 fully saturated rings. The number of allylic oxidation sites excluding steroid dienone is 2. The van der Waals surface area contributed by atoms with E-state index in [1.807, 2.05) is 6.92 Å². The fourth-order valence-corrected chi connectivity index (χ4v) is 5.31. The molecule has 5 atom stereocenters. The van der Waals surface area contributed by atoms with Crippen LogP contribution in [0.5, 0.6) is 0 Å². The largest absolute Gasteiger partial charge is 0.401 e. The van der Waals surface area contributed by atoms with Gasteiger partial charge in [0.25, 0.3) is 0 Å².